The molecule has 4 rings (SSSR count). The molecule has 0 aliphatic heterocycles. The zero-order valence-corrected chi connectivity index (χ0v) is 13.6. The molecule has 5 unspecified atom stereocenters. The minimum Gasteiger partial charge on any atom is -0.380 e. The lowest BCUT2D eigenvalue weighted by molar-refractivity contribution is -0.113. The van der Waals surface area contributed by atoms with E-state index in [0.717, 1.165) is 17.8 Å². The second kappa shape index (κ2) is 5.07. The first-order chi connectivity index (χ1) is 9.59. The number of fused-ring (bicyclic) bond motifs is 5. The minimum absolute atomic E-state index is 0.342. The van der Waals surface area contributed by atoms with Crippen LogP contribution in [0.4, 0.5) is 0 Å². The van der Waals surface area contributed by atoms with Crippen LogP contribution < -0.4 is 0 Å². The standard InChI is InChI=1S/C17H22O.H3OP/c1-17(2)15-7-6-12-13(16(15)17)5-3-4-10-8-11(18)9-14(10)12;1-2/h4,9,12-13,15-16H,3,5-8H2,1-2H3;1H,2H2. The highest BCUT2D eigenvalue weighted by Gasteiger charge is 2.63. The normalized spacial score (nSPS) is 40.1. The van der Waals surface area contributed by atoms with Gasteiger partial charge in [-0.25, -0.2) is 0 Å². The molecular formula is C17H25O2P. The molecule has 2 fully saturated rings. The Labute approximate surface area is 124 Å². The molecule has 2 nitrogen and oxygen atoms in total. The highest BCUT2D eigenvalue weighted by atomic mass is 31.0. The topological polar surface area (TPSA) is 37.3 Å². The van der Waals surface area contributed by atoms with Gasteiger partial charge in [0.1, 0.15) is 0 Å². The third-order valence-corrected chi connectivity index (χ3v) is 6.25. The number of hydrogen-bond acceptors (Lipinski definition) is 2. The van der Waals surface area contributed by atoms with E-state index in [1.807, 2.05) is 6.08 Å². The number of hydrogen-bond donors (Lipinski definition) is 1. The third kappa shape index (κ3) is 2.04. The maximum absolute atomic E-state index is 11.7. The van der Waals surface area contributed by atoms with E-state index in [2.05, 4.69) is 19.9 Å². The highest BCUT2D eigenvalue weighted by Crippen LogP contribution is 2.70. The maximum Gasteiger partial charge on any atom is 0.160 e. The van der Waals surface area contributed by atoms with Crippen molar-refractivity contribution in [1.29, 1.82) is 0 Å². The van der Waals surface area contributed by atoms with E-state index in [-0.39, 0.29) is 0 Å². The van der Waals surface area contributed by atoms with Crippen LogP contribution in [0.3, 0.4) is 0 Å². The number of carbonyl (C=O) groups excluding carboxylic acids is 1. The van der Waals surface area contributed by atoms with Crippen molar-refractivity contribution in [2.75, 3.05) is 0 Å². The van der Waals surface area contributed by atoms with Crippen LogP contribution in [0.5, 0.6) is 0 Å². The third-order valence-electron chi connectivity index (χ3n) is 6.25. The fraction of sp³-hybridized carbons (Fsp3) is 0.706. The smallest absolute Gasteiger partial charge is 0.160 e. The summed E-state index contributed by atoms with van der Waals surface area (Å²) in [6, 6.07) is 0. The van der Waals surface area contributed by atoms with Crippen LogP contribution in [-0.4, -0.2) is 10.7 Å². The second-order valence-electron chi connectivity index (χ2n) is 7.35. The van der Waals surface area contributed by atoms with Crippen LogP contribution in [-0.2, 0) is 4.79 Å². The summed E-state index contributed by atoms with van der Waals surface area (Å²) in [7, 11) is 1.42. The summed E-state index contributed by atoms with van der Waals surface area (Å²) in [5.41, 5.74) is 3.39. The predicted octanol–water partition coefficient (Wildman–Crippen LogP) is 3.67. The molecule has 0 heterocycles. The molecule has 110 valence electrons. The lowest BCUT2D eigenvalue weighted by atomic mass is 9.73. The Morgan fingerprint density at radius 3 is 2.75 bits per heavy atom. The molecule has 4 aliphatic carbocycles. The van der Waals surface area contributed by atoms with E-state index in [0.29, 0.717) is 23.5 Å². The summed E-state index contributed by atoms with van der Waals surface area (Å²) in [5, 5.41) is 0. The van der Waals surface area contributed by atoms with Crippen molar-refractivity contribution in [1.82, 2.24) is 0 Å². The van der Waals surface area contributed by atoms with Crippen molar-refractivity contribution in [2.24, 2.45) is 29.1 Å². The number of ketones is 1. The van der Waals surface area contributed by atoms with Crippen molar-refractivity contribution >= 4 is 15.2 Å². The van der Waals surface area contributed by atoms with Crippen LogP contribution >= 0.6 is 9.47 Å². The van der Waals surface area contributed by atoms with Crippen LogP contribution in [0, 0.1) is 29.1 Å². The van der Waals surface area contributed by atoms with Gasteiger partial charge in [0, 0.05) is 6.42 Å². The van der Waals surface area contributed by atoms with Gasteiger partial charge in [0.05, 0.1) is 0 Å². The van der Waals surface area contributed by atoms with E-state index in [4.69, 9.17) is 4.89 Å². The molecule has 0 aromatic carbocycles. The summed E-state index contributed by atoms with van der Waals surface area (Å²) in [4.78, 5) is 18.6. The van der Waals surface area contributed by atoms with Gasteiger partial charge < -0.3 is 4.89 Å². The molecule has 20 heavy (non-hydrogen) atoms. The number of rotatable bonds is 0. The Hall–Kier alpha value is -0.460. The van der Waals surface area contributed by atoms with Crippen molar-refractivity contribution in [3.8, 4) is 0 Å². The first-order valence-electron chi connectivity index (χ1n) is 7.78. The fourth-order valence-electron chi connectivity index (χ4n) is 5.37. The van der Waals surface area contributed by atoms with Gasteiger partial charge in [0.25, 0.3) is 0 Å². The number of carbonyl (C=O) groups is 1. The monoisotopic (exact) mass is 292 g/mol. The molecule has 0 amide bonds. The summed E-state index contributed by atoms with van der Waals surface area (Å²) in [6.45, 7) is 4.91. The SMILES string of the molecule is CC1(C)C2CCC3C4=CC(=O)CC4=CCCC3C21.OP. The molecule has 0 aromatic rings. The zero-order valence-electron chi connectivity index (χ0n) is 12.4. The Bertz CT molecular complexity index is 489. The Kier molecular flexibility index (Phi) is 3.67. The average Bonchev–Trinajstić information content (AvgIpc) is 2.87. The first kappa shape index (κ1) is 14.5. The van der Waals surface area contributed by atoms with Crippen molar-refractivity contribution in [3.63, 3.8) is 0 Å². The van der Waals surface area contributed by atoms with Crippen molar-refractivity contribution < 1.29 is 9.69 Å². The molecule has 3 heteroatoms. The zero-order chi connectivity index (χ0) is 14.5. The van der Waals surface area contributed by atoms with Crippen molar-refractivity contribution in [3.05, 3.63) is 23.3 Å². The van der Waals surface area contributed by atoms with Crippen LogP contribution in [0.2, 0.25) is 0 Å². The number of allylic oxidation sites excluding steroid dienone is 4. The predicted molar refractivity (Wildman–Crippen MR) is 83.9 cm³/mol. The van der Waals surface area contributed by atoms with E-state index in [9.17, 15) is 4.79 Å². The van der Waals surface area contributed by atoms with Gasteiger partial charge >= 0.3 is 0 Å². The quantitative estimate of drug-likeness (QED) is 0.692. The lowest BCUT2D eigenvalue weighted by Crippen LogP contribution is -2.23. The average molecular weight is 292 g/mol. The van der Waals surface area contributed by atoms with Crippen molar-refractivity contribution in [2.45, 2.75) is 46.0 Å². The van der Waals surface area contributed by atoms with Gasteiger partial charge in [-0.1, -0.05) is 19.9 Å². The van der Waals surface area contributed by atoms with Crippen LogP contribution in [0.25, 0.3) is 0 Å². The molecule has 0 aromatic heterocycles. The summed E-state index contributed by atoms with van der Waals surface area (Å²) in [6.07, 6.45) is 10.3. The van der Waals surface area contributed by atoms with Gasteiger partial charge in [-0.2, -0.15) is 0 Å². The Morgan fingerprint density at radius 1 is 1.25 bits per heavy atom. The largest absolute Gasteiger partial charge is 0.380 e. The summed E-state index contributed by atoms with van der Waals surface area (Å²) >= 11 is 0. The molecule has 1 N–H and O–H groups in total. The molecular weight excluding hydrogens is 267 g/mol. The molecule has 4 aliphatic rings. The molecule has 0 bridgehead atoms. The molecule has 0 radical (unpaired) electrons. The van der Waals surface area contributed by atoms with Gasteiger partial charge in [-0.05, 0) is 81.5 Å². The van der Waals surface area contributed by atoms with Gasteiger partial charge in [-0.15, -0.1) is 0 Å². The van der Waals surface area contributed by atoms with E-state index in [1.54, 1.807) is 0 Å². The minimum atomic E-state index is 0.342. The lowest BCUT2D eigenvalue weighted by Gasteiger charge is -2.31. The van der Waals surface area contributed by atoms with E-state index in [1.165, 1.54) is 46.3 Å². The molecule has 2 saturated carbocycles. The molecule has 0 saturated heterocycles. The molecule has 5 atom stereocenters. The Morgan fingerprint density at radius 2 is 2.00 bits per heavy atom. The van der Waals surface area contributed by atoms with Gasteiger partial charge in [0.15, 0.2) is 5.78 Å². The van der Waals surface area contributed by atoms with Gasteiger partial charge in [0.2, 0.25) is 0 Å². The Balaban J connectivity index is 0.000000581. The summed E-state index contributed by atoms with van der Waals surface area (Å²) < 4.78 is 0. The van der Waals surface area contributed by atoms with E-state index < -0.39 is 0 Å². The second-order valence-corrected chi connectivity index (χ2v) is 7.35. The fourth-order valence-corrected chi connectivity index (χ4v) is 5.37. The molecule has 0 spiro atoms. The van der Waals surface area contributed by atoms with Crippen LogP contribution in [0.15, 0.2) is 23.3 Å². The van der Waals surface area contributed by atoms with Gasteiger partial charge in [-0.3, -0.25) is 4.79 Å². The van der Waals surface area contributed by atoms with Crippen LogP contribution in [0.1, 0.15) is 46.0 Å². The summed E-state index contributed by atoms with van der Waals surface area (Å²) in [5.74, 6) is 3.80. The first-order valence-corrected chi connectivity index (χ1v) is 8.30. The van der Waals surface area contributed by atoms with E-state index >= 15 is 0 Å². The highest BCUT2D eigenvalue weighted by molar-refractivity contribution is 7.08. The maximum atomic E-state index is 11.7.